The number of amides is 2. The van der Waals surface area contributed by atoms with Gasteiger partial charge in [-0.15, -0.1) is 0 Å². The molecule has 2 N–H and O–H groups in total. The summed E-state index contributed by atoms with van der Waals surface area (Å²) in [6.07, 6.45) is 6.85. The molecule has 0 spiro atoms. The minimum absolute atomic E-state index is 0.0428. The molecule has 0 unspecified atom stereocenters. The van der Waals surface area contributed by atoms with E-state index in [0.29, 0.717) is 32.4 Å². The second-order valence-corrected chi connectivity index (χ2v) is 4.69. The van der Waals surface area contributed by atoms with Crippen LogP contribution in [0, 0.1) is 0 Å². The summed E-state index contributed by atoms with van der Waals surface area (Å²) in [7, 11) is 1.65. The monoisotopic (exact) mass is 258 g/mol. The van der Waals surface area contributed by atoms with E-state index in [2.05, 4.69) is 10.6 Å². The van der Waals surface area contributed by atoms with E-state index in [1.807, 2.05) is 0 Å². The fourth-order valence-corrected chi connectivity index (χ4v) is 2.10. The van der Waals surface area contributed by atoms with Crippen LogP contribution in [0.15, 0.2) is 0 Å². The molecule has 1 aliphatic rings. The Balaban J connectivity index is 1.90. The highest BCUT2D eigenvalue weighted by atomic mass is 16.5. The maximum absolute atomic E-state index is 11.6. The van der Waals surface area contributed by atoms with Gasteiger partial charge in [-0.25, -0.2) is 4.79 Å². The first-order valence-corrected chi connectivity index (χ1v) is 6.94. The van der Waals surface area contributed by atoms with Crippen molar-refractivity contribution in [3.05, 3.63) is 0 Å². The summed E-state index contributed by atoms with van der Waals surface area (Å²) in [5.41, 5.74) is 0. The van der Waals surface area contributed by atoms with Crippen LogP contribution in [0.2, 0.25) is 0 Å². The van der Waals surface area contributed by atoms with E-state index < -0.39 is 0 Å². The largest absolute Gasteiger partial charge is 0.382 e. The van der Waals surface area contributed by atoms with Gasteiger partial charge in [-0.1, -0.05) is 19.3 Å². The Morgan fingerprint density at radius 2 is 1.94 bits per heavy atom. The molecule has 5 nitrogen and oxygen atoms in total. The molecule has 1 aliphatic carbocycles. The third-order valence-corrected chi connectivity index (χ3v) is 3.12. The first-order chi connectivity index (χ1) is 8.83. The van der Waals surface area contributed by atoms with Gasteiger partial charge in [-0.2, -0.15) is 0 Å². The first kappa shape index (κ1) is 15.2. The van der Waals surface area contributed by atoms with Crippen molar-refractivity contribution in [3.8, 4) is 0 Å². The number of urea groups is 1. The number of nitrogens with one attached hydrogen (secondary N) is 2. The molecule has 0 atom stereocenters. The molecule has 0 saturated heterocycles. The number of ether oxygens (including phenoxy) is 2. The van der Waals surface area contributed by atoms with E-state index in [4.69, 9.17) is 9.47 Å². The zero-order valence-corrected chi connectivity index (χ0v) is 11.4. The number of rotatable bonds is 8. The predicted molar refractivity (Wildman–Crippen MR) is 70.7 cm³/mol. The van der Waals surface area contributed by atoms with Gasteiger partial charge in [0.1, 0.15) is 0 Å². The molecule has 0 aromatic rings. The highest BCUT2D eigenvalue weighted by Gasteiger charge is 2.14. The second-order valence-electron chi connectivity index (χ2n) is 4.69. The summed E-state index contributed by atoms with van der Waals surface area (Å²) in [6.45, 7) is 2.55. The summed E-state index contributed by atoms with van der Waals surface area (Å²) in [4.78, 5) is 11.6. The Morgan fingerprint density at radius 3 is 2.67 bits per heavy atom. The van der Waals surface area contributed by atoms with Gasteiger partial charge < -0.3 is 20.1 Å². The smallest absolute Gasteiger partial charge is 0.315 e. The Labute approximate surface area is 110 Å². The molecule has 1 fully saturated rings. The molecule has 0 aromatic heterocycles. The van der Waals surface area contributed by atoms with E-state index in [1.54, 1.807) is 7.11 Å². The fourth-order valence-electron chi connectivity index (χ4n) is 2.10. The average molecular weight is 258 g/mol. The van der Waals surface area contributed by atoms with Crippen LogP contribution < -0.4 is 10.6 Å². The summed E-state index contributed by atoms with van der Waals surface area (Å²) in [5, 5.41) is 5.88. The van der Waals surface area contributed by atoms with Crippen molar-refractivity contribution >= 4 is 6.03 Å². The number of carbonyl (C=O) groups excluding carboxylic acids is 1. The van der Waals surface area contributed by atoms with Gasteiger partial charge in [-0.05, 0) is 19.3 Å². The van der Waals surface area contributed by atoms with Gasteiger partial charge in [0, 0.05) is 26.3 Å². The van der Waals surface area contributed by atoms with Crippen LogP contribution in [-0.4, -0.2) is 45.5 Å². The molecule has 5 heteroatoms. The molecule has 18 heavy (non-hydrogen) atoms. The summed E-state index contributed by atoms with van der Waals surface area (Å²) in [6, 6.07) is 0.329. The van der Waals surface area contributed by atoms with E-state index in [0.717, 1.165) is 19.3 Å². The fraction of sp³-hybridized carbons (Fsp3) is 0.923. The maximum Gasteiger partial charge on any atom is 0.315 e. The lowest BCUT2D eigenvalue weighted by Gasteiger charge is -2.22. The van der Waals surface area contributed by atoms with E-state index in [1.165, 1.54) is 19.3 Å². The van der Waals surface area contributed by atoms with Gasteiger partial charge >= 0.3 is 6.03 Å². The number of carbonyl (C=O) groups is 1. The standard InChI is InChI=1S/C13H26N2O3/c1-17-10-11-18-9-5-8-14-13(16)15-12-6-3-2-4-7-12/h12H,2-11H2,1H3,(H2,14,15,16). The number of hydrogen-bond donors (Lipinski definition) is 2. The second kappa shape index (κ2) is 10.1. The van der Waals surface area contributed by atoms with Crippen LogP contribution in [0.3, 0.4) is 0 Å². The zero-order chi connectivity index (χ0) is 13.1. The average Bonchev–Trinajstić information content (AvgIpc) is 2.39. The Morgan fingerprint density at radius 1 is 1.17 bits per heavy atom. The SMILES string of the molecule is COCCOCCCNC(=O)NC1CCCCC1. The molecule has 0 radical (unpaired) electrons. The zero-order valence-electron chi connectivity index (χ0n) is 11.4. The summed E-state index contributed by atoms with van der Waals surface area (Å²) in [5.74, 6) is 0. The lowest BCUT2D eigenvalue weighted by Crippen LogP contribution is -2.43. The molecule has 0 heterocycles. The van der Waals surface area contributed by atoms with Crippen molar-refractivity contribution < 1.29 is 14.3 Å². The quantitative estimate of drug-likeness (QED) is 0.651. The van der Waals surface area contributed by atoms with E-state index in [9.17, 15) is 4.79 Å². The van der Waals surface area contributed by atoms with Crippen molar-refractivity contribution in [3.63, 3.8) is 0 Å². The van der Waals surface area contributed by atoms with E-state index >= 15 is 0 Å². The van der Waals surface area contributed by atoms with E-state index in [-0.39, 0.29) is 6.03 Å². The molecular weight excluding hydrogens is 232 g/mol. The van der Waals surface area contributed by atoms with Gasteiger partial charge in [-0.3, -0.25) is 0 Å². The van der Waals surface area contributed by atoms with Gasteiger partial charge in [0.05, 0.1) is 13.2 Å². The van der Waals surface area contributed by atoms with Gasteiger partial charge in [0.2, 0.25) is 0 Å². The van der Waals surface area contributed by atoms with Crippen molar-refractivity contribution in [2.24, 2.45) is 0 Å². The number of methoxy groups -OCH3 is 1. The molecule has 0 aliphatic heterocycles. The van der Waals surface area contributed by atoms with Crippen LogP contribution in [-0.2, 0) is 9.47 Å². The minimum atomic E-state index is -0.0428. The third kappa shape index (κ3) is 7.50. The maximum atomic E-state index is 11.6. The van der Waals surface area contributed by atoms with Crippen molar-refractivity contribution in [1.82, 2.24) is 10.6 Å². The topological polar surface area (TPSA) is 59.6 Å². The Hall–Kier alpha value is -0.810. The van der Waals surface area contributed by atoms with Crippen molar-refractivity contribution in [2.75, 3.05) is 33.5 Å². The highest BCUT2D eigenvalue weighted by molar-refractivity contribution is 5.74. The molecule has 0 bridgehead atoms. The molecule has 1 saturated carbocycles. The van der Waals surface area contributed by atoms with Crippen molar-refractivity contribution in [1.29, 1.82) is 0 Å². The minimum Gasteiger partial charge on any atom is -0.382 e. The lowest BCUT2D eigenvalue weighted by molar-refractivity contribution is 0.0697. The molecule has 106 valence electrons. The van der Waals surface area contributed by atoms with Crippen LogP contribution in [0.25, 0.3) is 0 Å². The van der Waals surface area contributed by atoms with Crippen LogP contribution in [0.4, 0.5) is 4.79 Å². The molecule has 2 amide bonds. The Kier molecular flexibility index (Phi) is 8.59. The number of hydrogen-bond acceptors (Lipinski definition) is 3. The van der Waals surface area contributed by atoms with Crippen molar-refractivity contribution in [2.45, 2.75) is 44.6 Å². The molecular formula is C13H26N2O3. The third-order valence-electron chi connectivity index (χ3n) is 3.12. The van der Waals surface area contributed by atoms with Gasteiger partial charge in [0.15, 0.2) is 0 Å². The van der Waals surface area contributed by atoms with Crippen LogP contribution >= 0.6 is 0 Å². The highest BCUT2D eigenvalue weighted by Crippen LogP contribution is 2.16. The predicted octanol–water partition coefficient (Wildman–Crippen LogP) is 1.67. The lowest BCUT2D eigenvalue weighted by atomic mass is 9.96. The van der Waals surface area contributed by atoms with Gasteiger partial charge in [0.25, 0.3) is 0 Å². The van der Waals surface area contributed by atoms with Crippen LogP contribution in [0.1, 0.15) is 38.5 Å². The first-order valence-electron chi connectivity index (χ1n) is 6.94. The van der Waals surface area contributed by atoms with Crippen LogP contribution in [0.5, 0.6) is 0 Å². The summed E-state index contributed by atoms with van der Waals surface area (Å²) < 4.78 is 10.2. The molecule has 1 rings (SSSR count). The Bertz CT molecular complexity index is 218. The molecule has 0 aromatic carbocycles. The summed E-state index contributed by atoms with van der Waals surface area (Å²) >= 11 is 0. The normalized spacial score (nSPS) is 16.5.